The molecule has 1 unspecified atom stereocenters. The molecule has 0 aromatic heterocycles. The molecule has 1 heterocycles. The van der Waals surface area contributed by atoms with E-state index in [4.69, 9.17) is 14.9 Å². The van der Waals surface area contributed by atoms with Crippen molar-refractivity contribution in [1.82, 2.24) is 0 Å². The lowest BCUT2D eigenvalue weighted by Crippen LogP contribution is -2.36. The van der Waals surface area contributed by atoms with Crippen LogP contribution in [0.1, 0.15) is 19.8 Å². The Balaban J connectivity index is 2.35. The van der Waals surface area contributed by atoms with Crippen LogP contribution in [0.2, 0.25) is 0 Å². The van der Waals surface area contributed by atoms with Crippen molar-refractivity contribution < 1.29 is 14.9 Å². The number of aliphatic hydroxyl groups is 2. The molecule has 3 nitrogen and oxygen atoms in total. The van der Waals surface area contributed by atoms with Crippen LogP contribution in [0, 0.1) is 0 Å². The lowest BCUT2D eigenvalue weighted by atomic mass is 10.1. The summed E-state index contributed by atoms with van der Waals surface area (Å²) in [4.78, 5) is 0. The molecular weight excluding hydrogens is 120 g/mol. The lowest BCUT2D eigenvalue weighted by Gasteiger charge is -2.28. The van der Waals surface area contributed by atoms with Crippen LogP contribution in [0.15, 0.2) is 0 Å². The van der Waals surface area contributed by atoms with E-state index >= 15 is 0 Å². The Morgan fingerprint density at radius 3 is 2.44 bits per heavy atom. The summed E-state index contributed by atoms with van der Waals surface area (Å²) in [5.41, 5.74) is 0. The molecule has 1 fully saturated rings. The average molecular weight is 132 g/mol. The zero-order valence-electron chi connectivity index (χ0n) is 5.45. The van der Waals surface area contributed by atoms with Gasteiger partial charge in [0.25, 0.3) is 0 Å². The van der Waals surface area contributed by atoms with Crippen LogP contribution < -0.4 is 0 Å². The fourth-order valence-corrected chi connectivity index (χ4v) is 0.955. The van der Waals surface area contributed by atoms with Gasteiger partial charge in [-0.2, -0.15) is 0 Å². The molecule has 0 saturated carbocycles. The van der Waals surface area contributed by atoms with Crippen LogP contribution in [-0.2, 0) is 4.74 Å². The molecule has 9 heavy (non-hydrogen) atoms. The average Bonchev–Trinajstić information content (AvgIpc) is 1.80. The van der Waals surface area contributed by atoms with Gasteiger partial charge < -0.3 is 14.9 Å². The van der Waals surface area contributed by atoms with Gasteiger partial charge in [-0.25, -0.2) is 0 Å². The maximum atomic E-state index is 9.06. The van der Waals surface area contributed by atoms with E-state index in [-0.39, 0.29) is 6.10 Å². The molecule has 1 aliphatic heterocycles. The molecular formula is C6H12O3. The minimum Gasteiger partial charge on any atom is -0.390 e. The number of aliphatic hydroxyl groups excluding tert-OH is 2. The van der Waals surface area contributed by atoms with Gasteiger partial charge in [0, 0.05) is 6.42 Å². The first kappa shape index (κ1) is 6.99. The van der Waals surface area contributed by atoms with Crippen LogP contribution in [0.5, 0.6) is 0 Å². The summed E-state index contributed by atoms with van der Waals surface area (Å²) in [6, 6.07) is 0. The van der Waals surface area contributed by atoms with Crippen LogP contribution in [0.25, 0.3) is 0 Å². The lowest BCUT2D eigenvalue weighted by molar-refractivity contribution is -0.192. The van der Waals surface area contributed by atoms with Gasteiger partial charge in [-0.1, -0.05) is 0 Å². The smallest absolute Gasteiger partial charge is 0.155 e. The number of hydrogen-bond donors (Lipinski definition) is 2. The molecule has 1 saturated heterocycles. The first-order chi connectivity index (χ1) is 4.20. The molecule has 0 bridgehead atoms. The second-order valence-electron chi connectivity index (χ2n) is 2.44. The van der Waals surface area contributed by atoms with Crippen molar-refractivity contribution in [2.75, 3.05) is 0 Å². The predicted molar refractivity (Wildman–Crippen MR) is 31.8 cm³/mol. The van der Waals surface area contributed by atoms with Crippen LogP contribution in [0.4, 0.5) is 0 Å². The number of hydrogen-bond acceptors (Lipinski definition) is 3. The van der Waals surface area contributed by atoms with E-state index in [1.165, 1.54) is 0 Å². The van der Waals surface area contributed by atoms with E-state index in [9.17, 15) is 0 Å². The highest BCUT2D eigenvalue weighted by Gasteiger charge is 2.24. The van der Waals surface area contributed by atoms with Crippen LogP contribution >= 0.6 is 0 Å². The van der Waals surface area contributed by atoms with Crippen molar-refractivity contribution >= 4 is 0 Å². The summed E-state index contributed by atoms with van der Waals surface area (Å²) < 4.78 is 4.90. The maximum absolute atomic E-state index is 9.06. The summed E-state index contributed by atoms with van der Waals surface area (Å²) in [6.07, 6.45) is -0.0843. The summed E-state index contributed by atoms with van der Waals surface area (Å²) in [5.74, 6) is 0. The third kappa shape index (κ3) is 1.64. The third-order valence-electron chi connectivity index (χ3n) is 1.62. The SMILES string of the molecule is C[C@H]1OC(O)CC[C@@H]1O. The molecule has 0 spiro atoms. The normalized spacial score (nSPS) is 45.0. The van der Waals surface area contributed by atoms with Gasteiger partial charge in [-0.3, -0.25) is 0 Å². The zero-order valence-corrected chi connectivity index (χ0v) is 5.45. The van der Waals surface area contributed by atoms with E-state index in [1.54, 1.807) is 6.92 Å². The minimum absolute atomic E-state index is 0.214. The van der Waals surface area contributed by atoms with E-state index in [0.29, 0.717) is 12.8 Å². The summed E-state index contributed by atoms with van der Waals surface area (Å²) >= 11 is 0. The largest absolute Gasteiger partial charge is 0.390 e. The highest BCUT2D eigenvalue weighted by molar-refractivity contribution is 4.69. The predicted octanol–water partition coefficient (Wildman–Crippen LogP) is -0.135. The molecule has 54 valence electrons. The number of ether oxygens (including phenoxy) is 1. The highest BCUT2D eigenvalue weighted by Crippen LogP contribution is 2.16. The third-order valence-corrected chi connectivity index (χ3v) is 1.62. The standard InChI is InChI=1S/C6H12O3/c1-4-5(7)2-3-6(8)9-4/h4-8H,2-3H2,1H3/t4-,5+,6?/m1/s1. The van der Waals surface area contributed by atoms with Gasteiger partial charge in [0.1, 0.15) is 0 Å². The van der Waals surface area contributed by atoms with Gasteiger partial charge in [0.2, 0.25) is 0 Å². The van der Waals surface area contributed by atoms with E-state index in [0.717, 1.165) is 0 Å². The van der Waals surface area contributed by atoms with Gasteiger partial charge >= 0.3 is 0 Å². The fraction of sp³-hybridized carbons (Fsp3) is 1.00. The Hall–Kier alpha value is -0.120. The monoisotopic (exact) mass is 132 g/mol. The highest BCUT2D eigenvalue weighted by atomic mass is 16.6. The second-order valence-corrected chi connectivity index (χ2v) is 2.44. The molecule has 3 heteroatoms. The second kappa shape index (κ2) is 2.64. The molecule has 1 rings (SSSR count). The topological polar surface area (TPSA) is 49.7 Å². The molecule has 2 N–H and O–H groups in total. The Labute approximate surface area is 54.3 Å². The molecule has 0 aromatic rings. The van der Waals surface area contributed by atoms with Gasteiger partial charge in [0.05, 0.1) is 12.2 Å². The summed E-state index contributed by atoms with van der Waals surface area (Å²) in [5, 5.41) is 17.9. The van der Waals surface area contributed by atoms with Crippen molar-refractivity contribution in [2.24, 2.45) is 0 Å². The van der Waals surface area contributed by atoms with Gasteiger partial charge in [-0.05, 0) is 13.3 Å². The van der Waals surface area contributed by atoms with Crippen LogP contribution in [-0.4, -0.2) is 28.7 Å². The Kier molecular flexibility index (Phi) is 2.05. The zero-order chi connectivity index (χ0) is 6.85. The fourth-order valence-electron chi connectivity index (χ4n) is 0.955. The Bertz CT molecular complexity index is 94.3. The van der Waals surface area contributed by atoms with Crippen molar-refractivity contribution in [2.45, 2.75) is 38.3 Å². The van der Waals surface area contributed by atoms with E-state index in [1.807, 2.05) is 0 Å². The molecule has 0 aliphatic carbocycles. The van der Waals surface area contributed by atoms with E-state index in [2.05, 4.69) is 0 Å². The molecule has 3 atom stereocenters. The first-order valence-corrected chi connectivity index (χ1v) is 3.21. The quantitative estimate of drug-likeness (QED) is 0.482. The van der Waals surface area contributed by atoms with Crippen molar-refractivity contribution in [3.8, 4) is 0 Å². The summed E-state index contributed by atoms with van der Waals surface area (Å²) in [6.45, 7) is 1.76. The minimum atomic E-state index is -0.664. The Morgan fingerprint density at radius 1 is 1.33 bits per heavy atom. The molecule has 1 aliphatic rings. The number of rotatable bonds is 0. The van der Waals surface area contributed by atoms with Gasteiger partial charge in [-0.15, -0.1) is 0 Å². The Morgan fingerprint density at radius 2 is 2.00 bits per heavy atom. The van der Waals surface area contributed by atoms with Crippen molar-refractivity contribution in [3.05, 3.63) is 0 Å². The van der Waals surface area contributed by atoms with Crippen molar-refractivity contribution in [3.63, 3.8) is 0 Å². The maximum Gasteiger partial charge on any atom is 0.155 e. The molecule has 0 radical (unpaired) electrons. The first-order valence-electron chi connectivity index (χ1n) is 3.21. The summed E-state index contributed by atoms with van der Waals surface area (Å²) in [7, 11) is 0. The van der Waals surface area contributed by atoms with Crippen LogP contribution in [0.3, 0.4) is 0 Å². The van der Waals surface area contributed by atoms with Crippen molar-refractivity contribution in [1.29, 1.82) is 0 Å². The molecule has 0 aromatic carbocycles. The van der Waals surface area contributed by atoms with Gasteiger partial charge in [0.15, 0.2) is 6.29 Å². The van der Waals surface area contributed by atoms with E-state index < -0.39 is 12.4 Å². The molecule has 0 amide bonds.